The van der Waals surface area contributed by atoms with Crippen LogP contribution in [-0.2, 0) is 14.8 Å². The minimum atomic E-state index is -3.33. The fraction of sp³-hybridized carbons (Fsp3) is 0.385. The number of benzene rings is 1. The van der Waals surface area contributed by atoms with E-state index in [1.165, 1.54) is 18.4 Å². The van der Waals surface area contributed by atoms with Crippen LogP contribution >= 0.6 is 0 Å². The lowest BCUT2D eigenvalue weighted by Gasteiger charge is -2.27. The van der Waals surface area contributed by atoms with Gasteiger partial charge in [0, 0.05) is 51.6 Å². The lowest BCUT2D eigenvalue weighted by atomic mass is 10.1. The van der Waals surface area contributed by atoms with Gasteiger partial charge in [-0.3, -0.25) is 4.79 Å². The lowest BCUT2D eigenvalue weighted by Crippen LogP contribution is -2.37. The van der Waals surface area contributed by atoms with E-state index < -0.39 is 15.9 Å². The first-order chi connectivity index (χ1) is 18.7. The van der Waals surface area contributed by atoms with E-state index in [2.05, 4.69) is 21.5 Å². The molecule has 206 valence electrons. The summed E-state index contributed by atoms with van der Waals surface area (Å²) >= 11 is 0. The van der Waals surface area contributed by atoms with Gasteiger partial charge in [0.1, 0.15) is 5.52 Å². The highest BCUT2D eigenvalue weighted by molar-refractivity contribution is 7.89. The number of rotatable bonds is 9. The molecule has 0 radical (unpaired) electrons. The molecule has 0 atom stereocenters. The summed E-state index contributed by atoms with van der Waals surface area (Å²) in [5.74, 6) is 0.463. The molecule has 0 unspecified atom stereocenters. The molecule has 39 heavy (non-hydrogen) atoms. The molecular weight excluding hydrogens is 522 g/mol. The average Bonchev–Trinajstić information content (AvgIpc) is 3.59. The van der Waals surface area contributed by atoms with Crippen LogP contribution in [0.4, 0.5) is 5.82 Å². The van der Waals surface area contributed by atoms with Crippen molar-refractivity contribution in [2.45, 2.75) is 13.3 Å². The molecule has 1 aliphatic heterocycles. The van der Waals surface area contributed by atoms with E-state index in [-0.39, 0.29) is 24.5 Å². The summed E-state index contributed by atoms with van der Waals surface area (Å²) in [4.78, 5) is 24.3. The Bertz CT molecular complexity index is 1590. The van der Waals surface area contributed by atoms with Gasteiger partial charge in [0.25, 0.3) is 11.9 Å². The van der Waals surface area contributed by atoms with Gasteiger partial charge in [-0.1, -0.05) is 29.8 Å². The maximum atomic E-state index is 12.8. The zero-order valence-corrected chi connectivity index (χ0v) is 22.9. The molecule has 0 aliphatic carbocycles. The van der Waals surface area contributed by atoms with E-state index in [0.29, 0.717) is 49.2 Å². The van der Waals surface area contributed by atoms with Crippen LogP contribution in [0.15, 0.2) is 47.1 Å². The molecule has 1 fully saturated rings. The number of amides is 1. The summed E-state index contributed by atoms with van der Waals surface area (Å²) in [5.41, 5.74) is 3.98. The van der Waals surface area contributed by atoms with Crippen LogP contribution in [0.5, 0.6) is 0 Å². The number of hydrogen-bond acceptors (Lipinski definition) is 9. The third-order valence-corrected chi connectivity index (χ3v) is 8.35. The van der Waals surface area contributed by atoms with E-state index in [0.717, 1.165) is 16.7 Å². The highest BCUT2D eigenvalue weighted by Gasteiger charge is 2.24. The number of ether oxygens (including phenoxy) is 1. The van der Waals surface area contributed by atoms with Gasteiger partial charge in [-0.2, -0.15) is 10.1 Å². The van der Waals surface area contributed by atoms with Crippen molar-refractivity contribution >= 4 is 32.8 Å². The minimum Gasteiger partial charge on any atom is -0.445 e. The van der Waals surface area contributed by atoms with Gasteiger partial charge in [0.05, 0.1) is 25.2 Å². The lowest BCUT2D eigenvalue weighted by molar-refractivity contribution is 0.0928. The molecule has 1 saturated heterocycles. The molecule has 1 aromatic carbocycles. The van der Waals surface area contributed by atoms with E-state index in [1.54, 1.807) is 16.9 Å². The van der Waals surface area contributed by atoms with Crippen molar-refractivity contribution < 1.29 is 22.4 Å². The second-order valence-corrected chi connectivity index (χ2v) is 11.8. The Kier molecular flexibility index (Phi) is 7.64. The van der Waals surface area contributed by atoms with Crippen LogP contribution in [-0.4, -0.2) is 91.1 Å². The zero-order valence-electron chi connectivity index (χ0n) is 22.1. The molecule has 5 rings (SSSR count). The normalized spacial score (nSPS) is 14.3. The molecule has 0 spiro atoms. The molecular formula is C26H31N7O5S. The second-order valence-electron chi connectivity index (χ2n) is 9.52. The van der Waals surface area contributed by atoms with Gasteiger partial charge in [-0.25, -0.2) is 22.4 Å². The summed E-state index contributed by atoms with van der Waals surface area (Å²) in [7, 11) is -0.368. The van der Waals surface area contributed by atoms with Crippen molar-refractivity contribution in [3.8, 4) is 17.1 Å². The van der Waals surface area contributed by atoms with Gasteiger partial charge >= 0.3 is 0 Å². The Balaban J connectivity index is 1.42. The third kappa shape index (κ3) is 5.95. The maximum absolute atomic E-state index is 12.8. The molecule has 0 bridgehead atoms. The third-order valence-electron chi connectivity index (χ3n) is 6.44. The van der Waals surface area contributed by atoms with Crippen LogP contribution in [0.3, 0.4) is 0 Å². The number of sulfonamides is 1. The maximum Gasteiger partial charge on any atom is 0.287 e. The summed E-state index contributed by atoms with van der Waals surface area (Å²) < 4.78 is 38.1. The molecule has 4 heterocycles. The standard InChI is InChI=1S/C26H31N7O5S/c1-18-6-4-7-19(14-18)20-16-28-33(17-20)26-29-21-15-22(25(34)27-8-5-13-39(35,36)31(2)3)38-23(21)24(30-26)32-9-11-37-12-10-32/h4,6-7,14-17H,5,8-13H2,1-3H3,(H,27,34). The van der Waals surface area contributed by atoms with Crippen LogP contribution < -0.4 is 10.2 Å². The van der Waals surface area contributed by atoms with Gasteiger partial charge in [-0.05, 0) is 18.9 Å². The summed E-state index contributed by atoms with van der Waals surface area (Å²) in [6.07, 6.45) is 3.91. The van der Waals surface area contributed by atoms with Gasteiger partial charge in [0.2, 0.25) is 10.0 Å². The van der Waals surface area contributed by atoms with Crippen molar-refractivity contribution in [2.24, 2.45) is 0 Å². The Morgan fingerprint density at radius 1 is 1.13 bits per heavy atom. The predicted octanol–water partition coefficient (Wildman–Crippen LogP) is 2.23. The van der Waals surface area contributed by atoms with Crippen molar-refractivity contribution in [2.75, 3.05) is 57.6 Å². The number of carbonyl (C=O) groups is 1. The number of aromatic nitrogens is 4. The van der Waals surface area contributed by atoms with Crippen molar-refractivity contribution in [1.29, 1.82) is 0 Å². The fourth-order valence-electron chi connectivity index (χ4n) is 4.24. The summed E-state index contributed by atoms with van der Waals surface area (Å²) in [6, 6.07) is 9.72. The highest BCUT2D eigenvalue weighted by atomic mass is 32.2. The van der Waals surface area contributed by atoms with Crippen LogP contribution in [0, 0.1) is 6.92 Å². The molecule has 1 N–H and O–H groups in total. The van der Waals surface area contributed by atoms with Crippen molar-refractivity contribution in [3.63, 3.8) is 0 Å². The first kappa shape index (κ1) is 26.8. The number of nitrogens with one attached hydrogen (secondary N) is 1. The molecule has 3 aromatic heterocycles. The van der Waals surface area contributed by atoms with Gasteiger partial charge in [0.15, 0.2) is 17.2 Å². The Morgan fingerprint density at radius 3 is 2.67 bits per heavy atom. The van der Waals surface area contributed by atoms with Gasteiger partial charge in [-0.15, -0.1) is 0 Å². The number of anilines is 1. The first-order valence-corrected chi connectivity index (χ1v) is 14.3. The topological polar surface area (TPSA) is 136 Å². The number of morpholine rings is 1. The van der Waals surface area contributed by atoms with Crippen LogP contribution in [0.2, 0.25) is 0 Å². The van der Waals surface area contributed by atoms with Gasteiger partial charge < -0.3 is 19.4 Å². The monoisotopic (exact) mass is 553 g/mol. The number of nitrogens with zero attached hydrogens (tertiary/aromatic N) is 6. The average molecular weight is 554 g/mol. The Hall–Kier alpha value is -3.81. The molecule has 1 amide bonds. The summed E-state index contributed by atoms with van der Waals surface area (Å²) in [6.45, 7) is 4.54. The van der Waals surface area contributed by atoms with E-state index in [4.69, 9.17) is 14.1 Å². The number of aryl methyl sites for hydroxylation is 1. The molecule has 13 heteroatoms. The fourth-order valence-corrected chi connectivity index (χ4v) is 5.11. The van der Waals surface area contributed by atoms with Crippen molar-refractivity contribution in [3.05, 3.63) is 54.0 Å². The first-order valence-electron chi connectivity index (χ1n) is 12.7. The Morgan fingerprint density at radius 2 is 1.92 bits per heavy atom. The molecule has 12 nitrogen and oxygen atoms in total. The van der Waals surface area contributed by atoms with Crippen molar-refractivity contribution in [1.82, 2.24) is 29.4 Å². The quantitative estimate of drug-likeness (QED) is 0.310. The Labute approximate surface area is 226 Å². The molecule has 1 aliphatic rings. The second kappa shape index (κ2) is 11.1. The number of carbonyl (C=O) groups excluding carboxylic acids is 1. The zero-order chi connectivity index (χ0) is 27.6. The van der Waals surface area contributed by atoms with E-state index in [9.17, 15) is 13.2 Å². The molecule has 4 aromatic rings. The number of furan rings is 1. The highest BCUT2D eigenvalue weighted by Crippen LogP contribution is 2.29. The van der Waals surface area contributed by atoms with E-state index >= 15 is 0 Å². The predicted molar refractivity (Wildman–Crippen MR) is 147 cm³/mol. The number of fused-ring (bicyclic) bond motifs is 1. The molecule has 0 saturated carbocycles. The smallest absolute Gasteiger partial charge is 0.287 e. The van der Waals surface area contributed by atoms with E-state index in [1.807, 2.05) is 36.2 Å². The minimum absolute atomic E-state index is 0.0646. The SMILES string of the molecule is Cc1cccc(-c2cnn(-c3nc(N4CCOCC4)c4oc(C(=O)NCCCS(=O)(=O)N(C)C)cc4n3)c2)c1. The largest absolute Gasteiger partial charge is 0.445 e. The van der Waals surface area contributed by atoms with Crippen LogP contribution in [0.25, 0.3) is 28.2 Å². The summed E-state index contributed by atoms with van der Waals surface area (Å²) in [5, 5.41) is 7.22. The number of hydrogen-bond donors (Lipinski definition) is 1. The van der Waals surface area contributed by atoms with Crippen LogP contribution in [0.1, 0.15) is 22.5 Å².